The van der Waals surface area contributed by atoms with Crippen LogP contribution in [0.15, 0.2) is 65.7 Å². The van der Waals surface area contributed by atoms with E-state index in [9.17, 15) is 14.0 Å². The van der Waals surface area contributed by atoms with Crippen molar-refractivity contribution in [3.05, 3.63) is 72.1 Å². The molecule has 38 heavy (non-hydrogen) atoms. The van der Waals surface area contributed by atoms with Crippen molar-refractivity contribution in [3.8, 4) is 5.75 Å². The van der Waals surface area contributed by atoms with Gasteiger partial charge >= 0.3 is 11.9 Å². The zero-order valence-electron chi connectivity index (χ0n) is 21.5. The molecule has 0 aliphatic carbocycles. The van der Waals surface area contributed by atoms with Crippen LogP contribution in [0.2, 0.25) is 0 Å². The Bertz CT molecular complexity index is 1100. The van der Waals surface area contributed by atoms with Gasteiger partial charge in [-0.3, -0.25) is 0 Å². The second-order valence-electron chi connectivity index (χ2n) is 9.01. The number of benzene rings is 2. The van der Waals surface area contributed by atoms with Gasteiger partial charge in [-0.05, 0) is 68.1 Å². The number of aliphatic imine (C=N–C) groups is 1. The third kappa shape index (κ3) is 9.83. The van der Waals surface area contributed by atoms with Gasteiger partial charge in [-0.1, -0.05) is 30.0 Å². The number of hydrogen-bond acceptors (Lipinski definition) is 7. The minimum absolute atomic E-state index is 0.227. The van der Waals surface area contributed by atoms with E-state index in [1.54, 1.807) is 12.1 Å². The van der Waals surface area contributed by atoms with Gasteiger partial charge in [0.25, 0.3) is 0 Å². The fourth-order valence-corrected chi connectivity index (χ4v) is 5.23. The maximum Gasteiger partial charge on any atom is 0.328 e. The summed E-state index contributed by atoms with van der Waals surface area (Å²) in [5.74, 6) is -0.986. The quantitative estimate of drug-likeness (QED) is 0.336. The van der Waals surface area contributed by atoms with Crippen LogP contribution in [0.1, 0.15) is 31.2 Å². The number of aliphatic carboxylic acids is 2. The number of para-hydroxylation sites is 1. The first-order chi connectivity index (χ1) is 18.3. The van der Waals surface area contributed by atoms with Crippen molar-refractivity contribution in [1.29, 1.82) is 0 Å². The van der Waals surface area contributed by atoms with E-state index < -0.39 is 11.9 Å². The first kappa shape index (κ1) is 29.2. The molecule has 4 rings (SSSR count). The van der Waals surface area contributed by atoms with Gasteiger partial charge in [0.1, 0.15) is 11.6 Å². The molecule has 204 valence electrons. The van der Waals surface area contributed by atoms with Gasteiger partial charge in [0.2, 0.25) is 0 Å². The molecule has 0 bridgehead atoms. The van der Waals surface area contributed by atoms with Crippen molar-refractivity contribution in [3.63, 3.8) is 0 Å². The highest BCUT2D eigenvalue weighted by molar-refractivity contribution is 8.13. The van der Waals surface area contributed by atoms with E-state index in [1.165, 1.54) is 30.5 Å². The summed E-state index contributed by atoms with van der Waals surface area (Å²) in [6.07, 6.45) is 5.63. The van der Waals surface area contributed by atoms with Gasteiger partial charge in [0.15, 0.2) is 5.17 Å². The van der Waals surface area contributed by atoms with Crippen molar-refractivity contribution in [1.82, 2.24) is 9.80 Å². The van der Waals surface area contributed by atoms with Gasteiger partial charge < -0.3 is 24.7 Å². The van der Waals surface area contributed by atoms with E-state index in [1.807, 2.05) is 11.8 Å². The number of carbonyl (C=O) groups is 2. The molecule has 0 radical (unpaired) electrons. The van der Waals surface area contributed by atoms with Crippen LogP contribution in [0.25, 0.3) is 0 Å². The highest BCUT2D eigenvalue weighted by atomic mass is 32.2. The summed E-state index contributed by atoms with van der Waals surface area (Å²) in [6.45, 7) is 4.08. The van der Waals surface area contributed by atoms with E-state index in [0.717, 1.165) is 54.8 Å². The van der Waals surface area contributed by atoms with Crippen molar-refractivity contribution >= 4 is 34.6 Å². The monoisotopic (exact) mass is 543 g/mol. The van der Waals surface area contributed by atoms with Crippen molar-refractivity contribution < 1.29 is 28.9 Å². The van der Waals surface area contributed by atoms with Crippen molar-refractivity contribution in [2.75, 3.05) is 33.3 Å². The lowest BCUT2D eigenvalue weighted by Gasteiger charge is -2.38. The third-order valence-electron chi connectivity index (χ3n) is 6.29. The molecule has 2 aromatic rings. The Morgan fingerprint density at radius 3 is 2.39 bits per heavy atom. The summed E-state index contributed by atoms with van der Waals surface area (Å²) >= 11 is 1.85. The Morgan fingerprint density at radius 2 is 1.74 bits per heavy atom. The Hall–Kier alpha value is -3.37. The van der Waals surface area contributed by atoms with E-state index in [-0.39, 0.29) is 5.82 Å². The smallest absolute Gasteiger partial charge is 0.328 e. The highest BCUT2D eigenvalue weighted by Gasteiger charge is 2.26. The predicted molar refractivity (Wildman–Crippen MR) is 148 cm³/mol. The second-order valence-corrected chi connectivity index (χ2v) is 9.96. The van der Waals surface area contributed by atoms with Gasteiger partial charge in [-0.25, -0.2) is 19.0 Å². The number of hydrogen-bond donors (Lipinski definition) is 2. The van der Waals surface area contributed by atoms with Gasteiger partial charge in [0, 0.05) is 44.1 Å². The lowest BCUT2D eigenvalue weighted by Crippen LogP contribution is -2.45. The number of likely N-dealkylation sites (tertiary alicyclic amines) is 1. The molecule has 1 fully saturated rings. The van der Waals surface area contributed by atoms with E-state index in [2.05, 4.69) is 41.1 Å². The molecule has 0 atom stereocenters. The maximum atomic E-state index is 12.9. The first-order valence-corrected chi connectivity index (χ1v) is 13.6. The van der Waals surface area contributed by atoms with Gasteiger partial charge in [-0.2, -0.15) is 0 Å². The van der Waals surface area contributed by atoms with Crippen LogP contribution in [-0.4, -0.2) is 76.4 Å². The van der Waals surface area contributed by atoms with Gasteiger partial charge in [0.05, 0.1) is 12.3 Å². The molecule has 2 aliphatic rings. The second kappa shape index (κ2) is 15.1. The summed E-state index contributed by atoms with van der Waals surface area (Å²) in [4.78, 5) is 29.0. The zero-order chi connectivity index (χ0) is 27.3. The molecular weight excluding hydrogens is 509 g/mol. The average Bonchev–Trinajstić information content (AvgIpc) is 2.93. The molecule has 0 aromatic heterocycles. The molecule has 2 N–H and O–H groups in total. The van der Waals surface area contributed by atoms with E-state index >= 15 is 0 Å². The van der Waals surface area contributed by atoms with E-state index in [4.69, 9.17) is 19.9 Å². The SMILES string of the molecule is CN(C1=Nc2ccccc2CS1)C1CCN(CCCCOc2ccc(F)cc2)CC1.O=C(O)/C=C\C(=O)O. The predicted octanol–water partition coefficient (Wildman–Crippen LogP) is 5.03. The number of thioether (sulfide) groups is 1. The highest BCUT2D eigenvalue weighted by Crippen LogP contribution is 2.32. The Morgan fingerprint density at radius 1 is 1.08 bits per heavy atom. The Kier molecular flexibility index (Phi) is 11.6. The molecule has 2 heterocycles. The first-order valence-electron chi connectivity index (χ1n) is 12.6. The molecule has 0 amide bonds. The minimum Gasteiger partial charge on any atom is -0.494 e. The Labute approximate surface area is 226 Å². The fraction of sp³-hybridized carbons (Fsp3) is 0.393. The maximum absolute atomic E-state index is 12.9. The molecule has 2 aromatic carbocycles. The molecule has 0 spiro atoms. The molecule has 8 nitrogen and oxygen atoms in total. The Balaban J connectivity index is 0.000000436. The number of rotatable bonds is 9. The lowest BCUT2D eigenvalue weighted by molar-refractivity contribution is -0.134. The molecular formula is C28H34FN3O5S. The summed E-state index contributed by atoms with van der Waals surface area (Å²) in [7, 11) is 2.20. The number of fused-ring (bicyclic) bond motifs is 1. The van der Waals surface area contributed by atoms with Crippen LogP contribution >= 0.6 is 11.8 Å². The molecule has 0 saturated carbocycles. The fourth-order valence-electron chi connectivity index (χ4n) is 4.19. The largest absolute Gasteiger partial charge is 0.494 e. The van der Waals surface area contributed by atoms with Crippen LogP contribution in [0.4, 0.5) is 10.1 Å². The van der Waals surface area contributed by atoms with Crippen LogP contribution < -0.4 is 4.74 Å². The summed E-state index contributed by atoms with van der Waals surface area (Å²) < 4.78 is 18.6. The van der Waals surface area contributed by atoms with Crippen LogP contribution in [0.3, 0.4) is 0 Å². The number of unbranched alkanes of at least 4 members (excludes halogenated alkanes) is 1. The number of piperidine rings is 1. The number of nitrogens with zero attached hydrogens (tertiary/aromatic N) is 3. The van der Waals surface area contributed by atoms with Crippen LogP contribution in [-0.2, 0) is 15.3 Å². The number of amidine groups is 1. The van der Waals surface area contributed by atoms with Crippen LogP contribution in [0.5, 0.6) is 5.75 Å². The number of halogens is 1. The number of carboxylic acid groups (broad SMARTS) is 2. The summed E-state index contributed by atoms with van der Waals surface area (Å²) in [5.41, 5.74) is 2.45. The van der Waals surface area contributed by atoms with Crippen LogP contribution in [0, 0.1) is 5.82 Å². The molecule has 2 aliphatic heterocycles. The zero-order valence-corrected chi connectivity index (χ0v) is 22.3. The minimum atomic E-state index is -1.26. The standard InChI is InChI=1S/C24H30FN3OS.C4H4O4/c1-27(24-26-23-7-3-2-6-19(23)18-30-24)21-12-15-28(16-13-21)14-4-5-17-29-22-10-8-20(25)9-11-22;5-3(6)1-2-4(7)8/h2-3,6-11,21H,4-5,12-18H2,1H3;1-2H,(H,5,6)(H,7,8)/b;2-1-. The van der Waals surface area contributed by atoms with Crippen molar-refractivity contribution in [2.45, 2.75) is 37.5 Å². The molecule has 0 unspecified atom stereocenters. The normalized spacial score (nSPS) is 15.7. The van der Waals surface area contributed by atoms with Crippen molar-refractivity contribution in [2.24, 2.45) is 4.99 Å². The molecule has 10 heteroatoms. The van der Waals surface area contributed by atoms with Gasteiger partial charge in [-0.15, -0.1) is 0 Å². The average molecular weight is 544 g/mol. The summed E-state index contributed by atoms with van der Waals surface area (Å²) in [5, 5.41) is 16.8. The third-order valence-corrected chi connectivity index (χ3v) is 7.38. The summed E-state index contributed by atoms with van der Waals surface area (Å²) in [6, 6.07) is 15.3. The number of carboxylic acids is 2. The topological polar surface area (TPSA) is 103 Å². The lowest BCUT2D eigenvalue weighted by atomic mass is 10.0. The van der Waals surface area contributed by atoms with E-state index in [0.29, 0.717) is 24.8 Å². The number of ether oxygens (including phenoxy) is 1. The molecule has 1 saturated heterocycles.